The van der Waals surface area contributed by atoms with Crippen LogP contribution in [0.3, 0.4) is 0 Å². The van der Waals surface area contributed by atoms with Crippen molar-refractivity contribution in [1.82, 2.24) is 20.1 Å². The molecule has 3 amide bonds. The zero-order valence-corrected chi connectivity index (χ0v) is 28.4. The number of likely N-dealkylation sites (N-methyl/N-ethyl adjacent to an activating group) is 2. The summed E-state index contributed by atoms with van der Waals surface area (Å²) in [5.41, 5.74) is -0.899. The van der Waals surface area contributed by atoms with Crippen LogP contribution in [0.2, 0.25) is 0 Å². The standard InChI is InChI=1S/C30H50N4O8S/c1-13-18(6)23(32-25(36)24(17(4)5)34(12)29(40)42-30(8,9)10)27(37)33(11)21(16(2)3)14-22(41-19(7)35)26-31-20(15-43-26)28(38)39/h15-18,21-24H,13-14H2,1-12H3,(H,32,36)(H,38,39)/t18-,21+,22+,23-,24+/m0/s1. The van der Waals surface area contributed by atoms with E-state index in [2.05, 4.69) is 10.3 Å². The molecule has 5 atom stereocenters. The zero-order valence-electron chi connectivity index (χ0n) is 27.6. The number of carboxylic acid groups (broad SMARTS) is 1. The van der Waals surface area contributed by atoms with Crippen LogP contribution in [0.1, 0.15) is 104 Å². The molecular weight excluding hydrogens is 576 g/mol. The van der Waals surface area contributed by atoms with E-state index in [0.29, 0.717) is 11.4 Å². The highest BCUT2D eigenvalue weighted by Crippen LogP contribution is 2.31. The summed E-state index contributed by atoms with van der Waals surface area (Å²) >= 11 is 1.07. The molecule has 0 bridgehead atoms. The lowest BCUT2D eigenvalue weighted by Gasteiger charge is -2.38. The molecule has 13 heteroatoms. The average Bonchev–Trinajstić information content (AvgIpc) is 3.37. The maximum Gasteiger partial charge on any atom is 0.410 e. The van der Waals surface area contributed by atoms with E-state index in [-0.39, 0.29) is 35.8 Å². The normalized spacial score (nSPS) is 15.2. The predicted molar refractivity (Wildman–Crippen MR) is 164 cm³/mol. The van der Waals surface area contributed by atoms with Gasteiger partial charge >= 0.3 is 18.0 Å². The highest BCUT2D eigenvalue weighted by atomic mass is 32.1. The Kier molecular flexibility index (Phi) is 14.1. The van der Waals surface area contributed by atoms with E-state index in [1.165, 1.54) is 24.3 Å². The van der Waals surface area contributed by atoms with E-state index in [0.717, 1.165) is 11.3 Å². The van der Waals surface area contributed by atoms with E-state index < -0.39 is 53.8 Å². The van der Waals surface area contributed by atoms with Gasteiger partial charge in [-0.3, -0.25) is 19.3 Å². The van der Waals surface area contributed by atoms with Crippen LogP contribution in [0.15, 0.2) is 5.38 Å². The third kappa shape index (κ3) is 11.1. The average molecular weight is 627 g/mol. The van der Waals surface area contributed by atoms with Crippen LogP contribution in [-0.4, -0.2) is 87.6 Å². The number of hydrogen-bond acceptors (Lipinski definition) is 9. The highest BCUT2D eigenvalue weighted by molar-refractivity contribution is 7.09. The van der Waals surface area contributed by atoms with Gasteiger partial charge in [-0.25, -0.2) is 14.6 Å². The summed E-state index contributed by atoms with van der Waals surface area (Å²) in [7, 11) is 3.14. The van der Waals surface area contributed by atoms with Crippen LogP contribution in [0.5, 0.6) is 0 Å². The number of carbonyl (C=O) groups excluding carboxylic acids is 4. The lowest BCUT2D eigenvalue weighted by molar-refractivity contribution is -0.149. The van der Waals surface area contributed by atoms with Crippen molar-refractivity contribution in [2.24, 2.45) is 17.8 Å². The monoisotopic (exact) mass is 626 g/mol. The van der Waals surface area contributed by atoms with Gasteiger partial charge in [0.1, 0.15) is 22.7 Å². The van der Waals surface area contributed by atoms with E-state index in [9.17, 15) is 29.1 Å². The van der Waals surface area contributed by atoms with Crippen molar-refractivity contribution >= 4 is 41.2 Å². The summed E-state index contributed by atoms with van der Waals surface area (Å²) in [6, 6.07) is -2.24. The Morgan fingerprint density at radius 1 is 1.02 bits per heavy atom. The fraction of sp³-hybridized carbons (Fsp3) is 0.733. The molecule has 0 aliphatic carbocycles. The van der Waals surface area contributed by atoms with Crippen LogP contribution in [0.25, 0.3) is 0 Å². The van der Waals surface area contributed by atoms with E-state index in [1.54, 1.807) is 32.7 Å². The van der Waals surface area contributed by atoms with Crippen LogP contribution in [0, 0.1) is 17.8 Å². The molecule has 244 valence electrons. The quantitative estimate of drug-likeness (QED) is 0.279. The third-order valence-electron chi connectivity index (χ3n) is 7.17. The number of esters is 1. The number of thiazole rings is 1. The Labute approximate surface area is 259 Å². The topological polar surface area (TPSA) is 155 Å². The lowest BCUT2D eigenvalue weighted by Crippen LogP contribution is -2.59. The predicted octanol–water partition coefficient (Wildman–Crippen LogP) is 4.74. The Morgan fingerprint density at radius 3 is 2.02 bits per heavy atom. The first kappa shape index (κ1) is 37.8. The van der Waals surface area contributed by atoms with Gasteiger partial charge in [-0.1, -0.05) is 48.0 Å². The molecule has 0 aliphatic rings. The first-order valence-electron chi connectivity index (χ1n) is 14.6. The summed E-state index contributed by atoms with van der Waals surface area (Å²) < 4.78 is 11.0. The molecule has 1 heterocycles. The molecule has 1 aromatic heterocycles. The number of carbonyl (C=O) groups is 5. The largest absolute Gasteiger partial charge is 0.476 e. The smallest absolute Gasteiger partial charge is 0.410 e. The minimum absolute atomic E-state index is 0.0964. The summed E-state index contributed by atoms with van der Waals surface area (Å²) in [6.07, 6.45) is -0.751. The highest BCUT2D eigenvalue weighted by Gasteiger charge is 2.39. The van der Waals surface area contributed by atoms with Gasteiger partial charge in [0.25, 0.3) is 0 Å². The number of aromatic nitrogens is 1. The second kappa shape index (κ2) is 16.0. The van der Waals surface area contributed by atoms with Gasteiger partial charge in [0.15, 0.2) is 11.8 Å². The Balaban J connectivity index is 3.33. The summed E-state index contributed by atoms with van der Waals surface area (Å²) in [5, 5.41) is 13.9. The molecule has 2 N–H and O–H groups in total. The maximum atomic E-state index is 14.0. The van der Waals surface area contributed by atoms with Crippen LogP contribution in [-0.2, 0) is 23.9 Å². The van der Waals surface area contributed by atoms with Gasteiger partial charge in [-0.15, -0.1) is 11.3 Å². The molecule has 0 spiro atoms. The van der Waals surface area contributed by atoms with Crippen molar-refractivity contribution in [2.45, 2.75) is 112 Å². The van der Waals surface area contributed by atoms with Gasteiger partial charge in [0.2, 0.25) is 11.8 Å². The van der Waals surface area contributed by atoms with Gasteiger partial charge in [0, 0.05) is 38.9 Å². The first-order valence-corrected chi connectivity index (χ1v) is 15.5. The van der Waals surface area contributed by atoms with Crippen LogP contribution < -0.4 is 5.32 Å². The molecule has 0 aliphatic heterocycles. The fourth-order valence-corrected chi connectivity index (χ4v) is 5.54. The van der Waals surface area contributed by atoms with Crippen molar-refractivity contribution in [3.05, 3.63) is 16.1 Å². The summed E-state index contributed by atoms with van der Waals surface area (Å²) in [6.45, 7) is 17.7. The minimum Gasteiger partial charge on any atom is -0.476 e. The molecule has 1 aromatic rings. The minimum atomic E-state index is -1.19. The van der Waals surface area contributed by atoms with E-state index >= 15 is 0 Å². The molecule has 1 rings (SSSR count). The molecule has 0 fully saturated rings. The first-order chi connectivity index (χ1) is 19.7. The number of rotatable bonds is 14. The number of ether oxygens (including phenoxy) is 2. The summed E-state index contributed by atoms with van der Waals surface area (Å²) in [4.78, 5) is 70.8. The van der Waals surface area contributed by atoms with Crippen molar-refractivity contribution < 1.29 is 38.6 Å². The lowest BCUT2D eigenvalue weighted by atomic mass is 9.92. The van der Waals surface area contributed by atoms with E-state index in [1.807, 2.05) is 41.5 Å². The zero-order chi connectivity index (χ0) is 33.4. The molecule has 0 saturated heterocycles. The number of carboxylic acids is 1. The molecule has 12 nitrogen and oxygen atoms in total. The van der Waals surface area contributed by atoms with Crippen molar-refractivity contribution in [3.8, 4) is 0 Å². The van der Waals surface area contributed by atoms with Crippen molar-refractivity contribution in [1.29, 1.82) is 0 Å². The molecule has 0 saturated carbocycles. The van der Waals surface area contributed by atoms with E-state index in [4.69, 9.17) is 9.47 Å². The van der Waals surface area contributed by atoms with Crippen molar-refractivity contribution in [3.63, 3.8) is 0 Å². The number of amides is 3. The Bertz CT molecular complexity index is 1130. The molecule has 0 unspecified atom stereocenters. The van der Waals surface area contributed by atoms with Gasteiger partial charge in [-0.05, 0) is 38.5 Å². The maximum absolute atomic E-state index is 14.0. The second-order valence-corrected chi connectivity index (χ2v) is 13.5. The number of aromatic carboxylic acids is 1. The number of nitrogens with zero attached hydrogens (tertiary/aromatic N) is 3. The fourth-order valence-electron chi connectivity index (χ4n) is 4.71. The Hall–Kier alpha value is -3.22. The molecular formula is C30H50N4O8S. The van der Waals surface area contributed by atoms with Gasteiger partial charge in [0.05, 0.1) is 0 Å². The molecule has 43 heavy (non-hydrogen) atoms. The molecule has 0 aromatic carbocycles. The van der Waals surface area contributed by atoms with Crippen molar-refractivity contribution in [2.75, 3.05) is 14.1 Å². The number of hydrogen-bond donors (Lipinski definition) is 2. The van der Waals surface area contributed by atoms with Gasteiger partial charge < -0.3 is 24.8 Å². The second-order valence-electron chi connectivity index (χ2n) is 12.6. The van der Waals surface area contributed by atoms with Crippen LogP contribution in [0.4, 0.5) is 4.79 Å². The third-order valence-corrected chi connectivity index (χ3v) is 8.11. The number of nitrogens with one attached hydrogen (secondary N) is 1. The summed E-state index contributed by atoms with van der Waals surface area (Å²) in [5.74, 6) is -3.18. The Morgan fingerprint density at radius 2 is 1.60 bits per heavy atom. The van der Waals surface area contributed by atoms with Gasteiger partial charge in [-0.2, -0.15) is 0 Å². The SMILES string of the molecule is CC[C@H](C)[C@H](NC(=O)[C@@H](C(C)C)N(C)C(=O)OC(C)(C)C)C(=O)N(C)[C@H](C[C@@H](OC(C)=O)c1nc(C(=O)O)cs1)C(C)C. The molecule has 0 radical (unpaired) electrons. The van der Waals surface area contributed by atoms with Crippen LogP contribution >= 0.6 is 11.3 Å².